The van der Waals surface area contributed by atoms with E-state index in [0.29, 0.717) is 6.07 Å². The molecule has 9 heteroatoms. The third-order valence-corrected chi connectivity index (χ3v) is 5.99. The van der Waals surface area contributed by atoms with Crippen LogP contribution in [-0.4, -0.2) is 29.8 Å². The van der Waals surface area contributed by atoms with Gasteiger partial charge in [-0.15, -0.1) is 0 Å². The predicted molar refractivity (Wildman–Crippen MR) is 119 cm³/mol. The van der Waals surface area contributed by atoms with Gasteiger partial charge in [0, 0.05) is 5.92 Å². The highest BCUT2D eigenvalue weighted by Gasteiger charge is 2.34. The number of aryl methyl sites for hydroxylation is 1. The molecular weight excluding hydrogens is 466 g/mol. The van der Waals surface area contributed by atoms with E-state index in [9.17, 15) is 32.3 Å². The maximum absolute atomic E-state index is 13.8. The van der Waals surface area contributed by atoms with Gasteiger partial charge in [-0.05, 0) is 52.8 Å². The molecule has 3 aromatic carbocycles. The van der Waals surface area contributed by atoms with Crippen molar-refractivity contribution in [3.05, 3.63) is 94.8 Å². The Hall–Kier alpha value is -3.88. The van der Waals surface area contributed by atoms with Crippen molar-refractivity contribution in [3.8, 4) is 11.1 Å². The van der Waals surface area contributed by atoms with Gasteiger partial charge in [0.05, 0.1) is 5.56 Å². The smallest absolute Gasteiger partial charge is 0.419 e. The zero-order valence-electron chi connectivity index (χ0n) is 18.3. The molecule has 3 aromatic rings. The number of hydrogen-bond acceptors (Lipinski definition) is 3. The molecule has 0 saturated heterocycles. The maximum atomic E-state index is 13.8. The van der Waals surface area contributed by atoms with Gasteiger partial charge >= 0.3 is 18.2 Å². The van der Waals surface area contributed by atoms with Crippen LogP contribution in [0.2, 0.25) is 0 Å². The largest absolute Gasteiger partial charge is 0.480 e. The van der Waals surface area contributed by atoms with E-state index in [1.54, 1.807) is 0 Å². The summed E-state index contributed by atoms with van der Waals surface area (Å²) < 4.78 is 57.3. The third-order valence-electron chi connectivity index (χ3n) is 5.99. The number of carbonyl (C=O) groups is 2. The topological polar surface area (TPSA) is 75.6 Å². The Morgan fingerprint density at radius 2 is 1.57 bits per heavy atom. The van der Waals surface area contributed by atoms with Crippen molar-refractivity contribution in [2.24, 2.45) is 0 Å². The number of alkyl halides is 3. The molecule has 1 aliphatic carbocycles. The molecule has 0 aliphatic heterocycles. The zero-order valence-corrected chi connectivity index (χ0v) is 18.3. The summed E-state index contributed by atoms with van der Waals surface area (Å²) in [5, 5.41) is 11.7. The number of alkyl carbamates (subject to hydrolysis) is 1. The molecule has 5 nitrogen and oxygen atoms in total. The van der Waals surface area contributed by atoms with Gasteiger partial charge in [-0.25, -0.2) is 14.0 Å². The molecule has 0 radical (unpaired) electrons. The first-order chi connectivity index (χ1) is 16.6. The average molecular weight is 487 g/mol. The van der Waals surface area contributed by atoms with Gasteiger partial charge in [0.25, 0.3) is 0 Å². The molecule has 0 heterocycles. The number of carboxylic acid groups (broad SMARTS) is 1. The fourth-order valence-electron chi connectivity index (χ4n) is 4.29. The molecule has 0 spiro atoms. The number of rotatable bonds is 7. The lowest BCUT2D eigenvalue weighted by Gasteiger charge is -2.17. The highest BCUT2D eigenvalue weighted by atomic mass is 19.4. The van der Waals surface area contributed by atoms with E-state index >= 15 is 0 Å². The van der Waals surface area contributed by atoms with Gasteiger partial charge in [0.2, 0.25) is 0 Å². The van der Waals surface area contributed by atoms with Crippen LogP contribution in [0.3, 0.4) is 0 Å². The van der Waals surface area contributed by atoms with Gasteiger partial charge in [0.15, 0.2) is 0 Å². The Morgan fingerprint density at radius 1 is 0.971 bits per heavy atom. The zero-order chi connectivity index (χ0) is 25.2. The monoisotopic (exact) mass is 487 g/mol. The predicted octanol–water partition coefficient (Wildman–Crippen LogP) is 5.77. The van der Waals surface area contributed by atoms with E-state index in [0.717, 1.165) is 34.4 Å². The normalized spacial score (nSPS) is 13.6. The second-order valence-corrected chi connectivity index (χ2v) is 8.21. The molecule has 1 aliphatic rings. The summed E-state index contributed by atoms with van der Waals surface area (Å²) in [6, 6.07) is 16.5. The van der Waals surface area contributed by atoms with Crippen LogP contribution in [0.25, 0.3) is 11.1 Å². The van der Waals surface area contributed by atoms with Crippen LogP contribution >= 0.6 is 0 Å². The van der Waals surface area contributed by atoms with Crippen molar-refractivity contribution in [1.82, 2.24) is 5.32 Å². The molecule has 1 amide bonds. The lowest BCUT2D eigenvalue weighted by Crippen LogP contribution is -2.41. The number of carboxylic acids is 1. The molecule has 182 valence electrons. The fraction of sp³-hybridized carbons (Fsp3) is 0.231. The highest BCUT2D eigenvalue weighted by molar-refractivity contribution is 5.81. The summed E-state index contributed by atoms with van der Waals surface area (Å²) in [6.45, 7) is -0.00366. The minimum atomic E-state index is -4.82. The first-order valence-electron chi connectivity index (χ1n) is 10.8. The first-order valence-corrected chi connectivity index (χ1v) is 10.8. The van der Waals surface area contributed by atoms with Crippen molar-refractivity contribution in [1.29, 1.82) is 0 Å². The Bertz CT molecular complexity index is 1210. The van der Waals surface area contributed by atoms with Gasteiger partial charge in [0.1, 0.15) is 18.5 Å². The van der Waals surface area contributed by atoms with Crippen LogP contribution in [0.5, 0.6) is 0 Å². The third kappa shape index (κ3) is 5.29. The summed E-state index contributed by atoms with van der Waals surface area (Å²) in [5.74, 6) is -2.98. The van der Waals surface area contributed by atoms with Crippen molar-refractivity contribution in [2.45, 2.75) is 31.0 Å². The molecule has 1 atom stereocenters. The maximum Gasteiger partial charge on any atom is 0.419 e. The van der Waals surface area contributed by atoms with Crippen molar-refractivity contribution < 1.29 is 37.0 Å². The average Bonchev–Trinajstić information content (AvgIpc) is 3.13. The van der Waals surface area contributed by atoms with Crippen LogP contribution in [0, 0.1) is 5.82 Å². The summed E-state index contributed by atoms with van der Waals surface area (Å²) in [4.78, 5) is 24.0. The van der Waals surface area contributed by atoms with Gasteiger partial charge < -0.3 is 15.2 Å². The van der Waals surface area contributed by atoms with Gasteiger partial charge in [-0.3, -0.25) is 0 Å². The molecule has 1 unspecified atom stereocenters. The van der Waals surface area contributed by atoms with E-state index in [-0.39, 0.29) is 30.9 Å². The summed E-state index contributed by atoms with van der Waals surface area (Å²) in [5.41, 5.74) is 2.87. The minimum Gasteiger partial charge on any atom is -0.480 e. The van der Waals surface area contributed by atoms with E-state index < -0.39 is 35.7 Å². The number of aliphatic carboxylic acids is 1. The number of nitrogens with one attached hydrogen (secondary N) is 1. The highest BCUT2D eigenvalue weighted by Crippen LogP contribution is 2.44. The number of hydrogen-bond donors (Lipinski definition) is 2. The second-order valence-electron chi connectivity index (χ2n) is 8.21. The summed E-state index contributed by atoms with van der Waals surface area (Å²) in [6.07, 6.45) is -5.98. The molecule has 35 heavy (non-hydrogen) atoms. The molecule has 0 bridgehead atoms. The van der Waals surface area contributed by atoms with Crippen molar-refractivity contribution in [3.63, 3.8) is 0 Å². The van der Waals surface area contributed by atoms with E-state index in [4.69, 9.17) is 4.74 Å². The quantitative estimate of drug-likeness (QED) is 0.415. The lowest BCUT2D eigenvalue weighted by molar-refractivity contribution is -0.140. The number of benzene rings is 3. The van der Waals surface area contributed by atoms with Crippen molar-refractivity contribution in [2.75, 3.05) is 6.61 Å². The molecule has 0 saturated carbocycles. The molecule has 0 aromatic heterocycles. The summed E-state index contributed by atoms with van der Waals surface area (Å²) in [7, 11) is 0. The number of halogens is 4. The molecular formula is C26H21F4NO4. The van der Waals surface area contributed by atoms with E-state index in [1.165, 1.54) is 0 Å². The van der Waals surface area contributed by atoms with Crippen LogP contribution in [0.15, 0.2) is 66.7 Å². The van der Waals surface area contributed by atoms with Crippen LogP contribution in [0.4, 0.5) is 22.4 Å². The fourth-order valence-corrected chi connectivity index (χ4v) is 4.29. The van der Waals surface area contributed by atoms with E-state index in [1.807, 2.05) is 48.5 Å². The number of amides is 1. The Kier molecular flexibility index (Phi) is 6.77. The standard InChI is InChI=1S/C26H21F4NO4/c27-22-13-15(9-11-21(22)26(28,29)30)10-12-23(24(32)33)31-25(34)35-14-20-18-7-3-1-5-16(18)17-6-2-4-8-19(17)20/h1-9,11,13,20,23H,10,12,14H2,(H,31,34)(H,32,33). The Labute approximate surface area is 198 Å². The lowest BCUT2D eigenvalue weighted by atomic mass is 9.98. The Balaban J connectivity index is 1.37. The van der Waals surface area contributed by atoms with Crippen LogP contribution in [0.1, 0.15) is 34.6 Å². The van der Waals surface area contributed by atoms with Gasteiger partial charge in [-0.2, -0.15) is 13.2 Å². The second kappa shape index (κ2) is 9.77. The molecule has 2 N–H and O–H groups in total. The van der Waals surface area contributed by atoms with Gasteiger partial charge in [-0.1, -0.05) is 54.6 Å². The number of ether oxygens (including phenoxy) is 1. The first kappa shape index (κ1) is 24.3. The van der Waals surface area contributed by atoms with Crippen LogP contribution in [-0.2, 0) is 22.1 Å². The molecule has 4 rings (SSSR count). The SMILES string of the molecule is O=C(NC(CCc1ccc(C(F)(F)F)c(F)c1)C(=O)O)OCC1c2ccccc2-c2ccccc21. The number of fused-ring (bicyclic) bond motifs is 3. The van der Waals surface area contributed by atoms with E-state index in [2.05, 4.69) is 5.32 Å². The van der Waals surface area contributed by atoms with Crippen LogP contribution < -0.4 is 5.32 Å². The minimum absolute atomic E-state index is 0.00366. The Morgan fingerprint density at radius 3 is 2.11 bits per heavy atom. The summed E-state index contributed by atoms with van der Waals surface area (Å²) >= 11 is 0. The van der Waals surface area contributed by atoms with Crippen molar-refractivity contribution >= 4 is 12.1 Å². The number of carbonyl (C=O) groups excluding carboxylic acids is 1. The molecule has 0 fully saturated rings.